The highest BCUT2D eigenvalue weighted by molar-refractivity contribution is 5.96. The first-order chi connectivity index (χ1) is 17.1. The summed E-state index contributed by atoms with van der Waals surface area (Å²) >= 11 is 0. The minimum absolute atomic E-state index is 0.1000. The Bertz CT molecular complexity index is 1220. The zero-order chi connectivity index (χ0) is 26.0. The number of aryl methyl sites for hydroxylation is 1. The number of fused-ring (bicyclic) bond motifs is 1. The zero-order valence-corrected chi connectivity index (χ0v) is 21.9. The summed E-state index contributed by atoms with van der Waals surface area (Å²) in [5, 5.41) is 3.34. The van der Waals surface area contributed by atoms with Crippen molar-refractivity contribution in [2.45, 2.75) is 53.6 Å². The summed E-state index contributed by atoms with van der Waals surface area (Å²) in [6, 6.07) is 13.8. The molecule has 0 aromatic heterocycles. The fourth-order valence-corrected chi connectivity index (χ4v) is 5.15. The molecule has 36 heavy (non-hydrogen) atoms. The van der Waals surface area contributed by atoms with E-state index in [2.05, 4.69) is 23.5 Å². The van der Waals surface area contributed by atoms with Gasteiger partial charge in [-0.1, -0.05) is 55.8 Å². The Hall–Kier alpha value is -3.54. The molecule has 1 aliphatic carbocycles. The van der Waals surface area contributed by atoms with Gasteiger partial charge >= 0.3 is 5.97 Å². The number of rotatable bonds is 7. The molecule has 6 nitrogen and oxygen atoms in total. The monoisotopic (exact) mass is 489 g/mol. The number of allylic oxidation sites excluding steroid dienone is 3. The summed E-state index contributed by atoms with van der Waals surface area (Å²) in [5.74, 6) is -0.148. The lowest BCUT2D eigenvalue weighted by Crippen LogP contribution is -2.43. The Labute approximate surface area is 213 Å². The molecule has 1 N–H and O–H groups in total. The lowest BCUT2D eigenvalue weighted by molar-refractivity contribution is -0.139. The summed E-state index contributed by atoms with van der Waals surface area (Å²) in [6.07, 6.45) is 2.52. The minimum atomic E-state index is -0.495. The van der Waals surface area contributed by atoms with Crippen molar-refractivity contribution in [3.05, 3.63) is 82.2 Å². The SMILES string of the molecule is CCOC(=O)C1=C(C)NC2=CC(C)(C)CC(=O)C2C1c1ccc(OCc2ccc(C)cc2)c(OC)c1. The van der Waals surface area contributed by atoms with Crippen LogP contribution >= 0.6 is 0 Å². The molecular weight excluding hydrogens is 454 g/mol. The van der Waals surface area contributed by atoms with E-state index in [9.17, 15) is 9.59 Å². The maximum atomic E-state index is 13.5. The molecule has 2 atom stereocenters. The molecule has 1 heterocycles. The highest BCUT2D eigenvalue weighted by atomic mass is 16.5. The Morgan fingerprint density at radius 1 is 1.06 bits per heavy atom. The quantitative estimate of drug-likeness (QED) is 0.510. The van der Waals surface area contributed by atoms with E-state index in [1.807, 2.05) is 58.0 Å². The summed E-state index contributed by atoms with van der Waals surface area (Å²) in [7, 11) is 1.59. The highest BCUT2D eigenvalue weighted by Crippen LogP contribution is 2.48. The van der Waals surface area contributed by atoms with E-state index in [0.29, 0.717) is 35.8 Å². The van der Waals surface area contributed by atoms with Crippen molar-refractivity contribution in [1.82, 2.24) is 5.32 Å². The summed E-state index contributed by atoms with van der Waals surface area (Å²) < 4.78 is 17.2. The van der Waals surface area contributed by atoms with Gasteiger partial charge in [0.05, 0.1) is 25.2 Å². The van der Waals surface area contributed by atoms with Crippen LogP contribution in [0.15, 0.2) is 65.5 Å². The van der Waals surface area contributed by atoms with Gasteiger partial charge in [-0.2, -0.15) is 0 Å². The molecule has 190 valence electrons. The molecule has 0 radical (unpaired) electrons. The second kappa shape index (κ2) is 10.2. The molecule has 0 bridgehead atoms. The molecule has 0 fully saturated rings. The number of methoxy groups -OCH3 is 1. The van der Waals surface area contributed by atoms with Crippen molar-refractivity contribution >= 4 is 11.8 Å². The number of ether oxygens (including phenoxy) is 3. The van der Waals surface area contributed by atoms with Gasteiger partial charge in [-0.05, 0) is 49.4 Å². The fraction of sp³-hybridized carbons (Fsp3) is 0.400. The second-order valence-corrected chi connectivity index (χ2v) is 10.3. The topological polar surface area (TPSA) is 73.9 Å². The fourth-order valence-electron chi connectivity index (χ4n) is 5.15. The van der Waals surface area contributed by atoms with Gasteiger partial charge in [-0.15, -0.1) is 0 Å². The van der Waals surface area contributed by atoms with Crippen LogP contribution in [0.5, 0.6) is 11.5 Å². The van der Waals surface area contributed by atoms with E-state index in [1.54, 1.807) is 14.0 Å². The molecule has 0 saturated heterocycles. The number of Topliss-reactive ketones (excluding diaryl/α,β-unsaturated/α-hetero) is 1. The number of carbonyl (C=O) groups excluding carboxylic acids is 2. The molecule has 2 aromatic carbocycles. The Balaban J connectivity index is 1.74. The average molecular weight is 490 g/mol. The lowest BCUT2D eigenvalue weighted by atomic mass is 9.66. The van der Waals surface area contributed by atoms with Gasteiger partial charge < -0.3 is 19.5 Å². The van der Waals surface area contributed by atoms with Crippen molar-refractivity contribution in [2.75, 3.05) is 13.7 Å². The second-order valence-electron chi connectivity index (χ2n) is 10.3. The molecule has 1 aliphatic heterocycles. The van der Waals surface area contributed by atoms with Crippen molar-refractivity contribution in [3.8, 4) is 11.5 Å². The van der Waals surface area contributed by atoms with Gasteiger partial charge in [0.1, 0.15) is 12.4 Å². The van der Waals surface area contributed by atoms with Gasteiger partial charge in [-0.3, -0.25) is 4.79 Å². The van der Waals surface area contributed by atoms with Crippen LogP contribution in [0, 0.1) is 18.3 Å². The number of hydrogen-bond donors (Lipinski definition) is 1. The van der Waals surface area contributed by atoms with E-state index in [0.717, 1.165) is 16.8 Å². The molecule has 6 heteroatoms. The molecule has 0 spiro atoms. The Morgan fingerprint density at radius 2 is 1.78 bits per heavy atom. The van der Waals surface area contributed by atoms with Crippen LogP contribution in [-0.4, -0.2) is 25.5 Å². The predicted octanol–water partition coefficient (Wildman–Crippen LogP) is 5.61. The number of nitrogens with one attached hydrogen (secondary N) is 1. The van der Waals surface area contributed by atoms with Crippen LogP contribution in [0.4, 0.5) is 0 Å². The summed E-state index contributed by atoms with van der Waals surface area (Å²) in [5.41, 5.74) is 4.81. The standard InChI is InChI=1S/C30H35NO5/c1-7-35-29(33)26-19(3)31-22-15-30(4,5)16-23(32)28(22)27(26)21-12-13-24(25(14-21)34-6)36-17-20-10-8-18(2)9-11-20/h8-15,27-28,31H,7,16-17H2,1-6H3. The van der Waals surface area contributed by atoms with Gasteiger partial charge in [0, 0.05) is 23.7 Å². The van der Waals surface area contributed by atoms with Crippen LogP contribution < -0.4 is 14.8 Å². The first-order valence-corrected chi connectivity index (χ1v) is 12.4. The number of hydrogen-bond acceptors (Lipinski definition) is 6. The molecule has 0 saturated carbocycles. The first-order valence-electron chi connectivity index (χ1n) is 12.4. The van der Waals surface area contributed by atoms with Crippen LogP contribution in [-0.2, 0) is 20.9 Å². The molecular formula is C30H35NO5. The van der Waals surface area contributed by atoms with Gasteiger partial charge in [0.25, 0.3) is 0 Å². The summed E-state index contributed by atoms with van der Waals surface area (Å²) in [4.78, 5) is 26.6. The van der Waals surface area contributed by atoms with Gasteiger partial charge in [-0.25, -0.2) is 4.79 Å². The van der Waals surface area contributed by atoms with Gasteiger partial charge in [0.2, 0.25) is 0 Å². The van der Waals surface area contributed by atoms with E-state index in [-0.39, 0.29) is 17.8 Å². The van der Waals surface area contributed by atoms with Crippen molar-refractivity contribution in [1.29, 1.82) is 0 Å². The number of carbonyl (C=O) groups is 2. The van der Waals surface area contributed by atoms with Crippen LogP contribution in [0.1, 0.15) is 56.7 Å². The third kappa shape index (κ3) is 5.18. The molecule has 2 aromatic rings. The maximum Gasteiger partial charge on any atom is 0.336 e. The lowest BCUT2D eigenvalue weighted by Gasteiger charge is -2.41. The molecule has 0 amide bonds. The maximum absolute atomic E-state index is 13.5. The smallest absolute Gasteiger partial charge is 0.336 e. The molecule has 2 unspecified atom stereocenters. The Morgan fingerprint density at radius 3 is 2.44 bits per heavy atom. The normalized spacial score (nSPS) is 20.7. The Kier molecular flexibility index (Phi) is 7.25. The minimum Gasteiger partial charge on any atom is -0.493 e. The van der Waals surface area contributed by atoms with Crippen molar-refractivity contribution < 1.29 is 23.8 Å². The number of benzene rings is 2. The van der Waals surface area contributed by atoms with Crippen LogP contribution in [0.25, 0.3) is 0 Å². The molecule has 4 rings (SSSR count). The highest BCUT2D eigenvalue weighted by Gasteiger charge is 2.46. The van der Waals surface area contributed by atoms with Crippen LogP contribution in [0.2, 0.25) is 0 Å². The van der Waals surface area contributed by atoms with E-state index in [1.165, 1.54) is 5.56 Å². The zero-order valence-electron chi connectivity index (χ0n) is 21.9. The van der Waals surface area contributed by atoms with Crippen molar-refractivity contribution in [2.24, 2.45) is 11.3 Å². The van der Waals surface area contributed by atoms with Gasteiger partial charge in [0.15, 0.2) is 11.5 Å². The third-order valence-electron chi connectivity index (χ3n) is 6.80. The summed E-state index contributed by atoms with van der Waals surface area (Å²) in [6.45, 7) is 10.4. The number of ketones is 1. The predicted molar refractivity (Wildman–Crippen MR) is 139 cm³/mol. The number of esters is 1. The third-order valence-corrected chi connectivity index (χ3v) is 6.80. The van der Waals surface area contributed by atoms with Crippen LogP contribution in [0.3, 0.4) is 0 Å². The van der Waals surface area contributed by atoms with E-state index in [4.69, 9.17) is 14.2 Å². The first kappa shape index (κ1) is 25.5. The van der Waals surface area contributed by atoms with E-state index >= 15 is 0 Å². The molecule has 2 aliphatic rings. The van der Waals surface area contributed by atoms with Crippen molar-refractivity contribution in [3.63, 3.8) is 0 Å². The van der Waals surface area contributed by atoms with E-state index < -0.39 is 17.8 Å². The average Bonchev–Trinajstić information content (AvgIpc) is 2.82. The largest absolute Gasteiger partial charge is 0.493 e.